The van der Waals surface area contributed by atoms with Crippen LogP contribution in [0.15, 0.2) is 28.8 Å². The van der Waals surface area contributed by atoms with Crippen molar-refractivity contribution in [2.75, 3.05) is 13.7 Å². The van der Waals surface area contributed by atoms with Crippen LogP contribution in [0.3, 0.4) is 0 Å². The van der Waals surface area contributed by atoms with Gasteiger partial charge in [-0.1, -0.05) is 23.4 Å². The van der Waals surface area contributed by atoms with E-state index in [-0.39, 0.29) is 12.1 Å². The van der Waals surface area contributed by atoms with Gasteiger partial charge >= 0.3 is 0 Å². The largest absolute Gasteiger partial charge is 0.482 e. The maximum Gasteiger partial charge on any atom is 0.228 e. The van der Waals surface area contributed by atoms with Crippen molar-refractivity contribution in [3.8, 4) is 5.75 Å². The van der Waals surface area contributed by atoms with E-state index in [9.17, 15) is 0 Å². The third kappa shape index (κ3) is 2.66. The monoisotopic (exact) mass is 275 g/mol. The molecule has 2 N–H and O–H groups in total. The van der Waals surface area contributed by atoms with Crippen LogP contribution in [0.5, 0.6) is 5.75 Å². The van der Waals surface area contributed by atoms with Crippen molar-refractivity contribution in [1.82, 2.24) is 10.1 Å². The molecule has 2 heterocycles. The molecule has 1 aliphatic rings. The Hall–Kier alpha value is -1.92. The summed E-state index contributed by atoms with van der Waals surface area (Å²) in [4.78, 5) is 4.36. The van der Waals surface area contributed by atoms with E-state index in [0.29, 0.717) is 24.7 Å². The van der Waals surface area contributed by atoms with Crippen molar-refractivity contribution in [2.45, 2.75) is 25.0 Å². The molecule has 0 spiro atoms. The molecule has 2 aromatic rings. The van der Waals surface area contributed by atoms with Gasteiger partial charge in [-0.3, -0.25) is 0 Å². The quantitative estimate of drug-likeness (QED) is 0.884. The molecule has 0 bridgehead atoms. The summed E-state index contributed by atoms with van der Waals surface area (Å²) in [5, 5.41) is 3.99. The summed E-state index contributed by atoms with van der Waals surface area (Å²) < 4.78 is 16.0. The number of benzene rings is 1. The zero-order valence-corrected chi connectivity index (χ0v) is 11.3. The van der Waals surface area contributed by atoms with Crippen molar-refractivity contribution in [3.63, 3.8) is 0 Å². The highest BCUT2D eigenvalue weighted by molar-refractivity contribution is 5.37. The molecular formula is C14H17N3O3. The van der Waals surface area contributed by atoms with Gasteiger partial charge < -0.3 is 19.7 Å². The van der Waals surface area contributed by atoms with Gasteiger partial charge in [0, 0.05) is 26.0 Å². The first kappa shape index (κ1) is 13.1. The standard InChI is InChI=1S/C14H17N3O3/c1-18-8-10(15)7-13-16-14(17-20-13)12-6-9-4-2-3-5-11(9)19-12/h2-5,10,12H,6-8,15H2,1H3. The Labute approximate surface area is 116 Å². The third-order valence-electron chi connectivity index (χ3n) is 3.24. The van der Waals surface area contributed by atoms with Crippen molar-refractivity contribution in [3.05, 3.63) is 41.5 Å². The highest BCUT2D eigenvalue weighted by Gasteiger charge is 2.28. The molecule has 6 nitrogen and oxygen atoms in total. The van der Waals surface area contributed by atoms with E-state index in [2.05, 4.69) is 10.1 Å². The summed E-state index contributed by atoms with van der Waals surface area (Å²) in [5.74, 6) is 1.98. The fourth-order valence-corrected chi connectivity index (χ4v) is 2.31. The zero-order valence-electron chi connectivity index (χ0n) is 11.3. The van der Waals surface area contributed by atoms with Crippen LogP contribution in [0.1, 0.15) is 23.4 Å². The Morgan fingerprint density at radius 3 is 3.10 bits per heavy atom. The Morgan fingerprint density at radius 1 is 1.45 bits per heavy atom. The predicted molar refractivity (Wildman–Crippen MR) is 71.4 cm³/mol. The Kier molecular flexibility index (Phi) is 3.66. The second-order valence-electron chi connectivity index (χ2n) is 4.88. The molecule has 1 aromatic heterocycles. The number of nitrogens with two attached hydrogens (primary N) is 1. The van der Waals surface area contributed by atoms with Gasteiger partial charge in [-0.25, -0.2) is 0 Å². The molecule has 0 amide bonds. The first-order valence-electron chi connectivity index (χ1n) is 6.58. The number of ether oxygens (including phenoxy) is 2. The van der Waals surface area contributed by atoms with Crippen LogP contribution in [-0.2, 0) is 17.6 Å². The van der Waals surface area contributed by atoms with E-state index >= 15 is 0 Å². The molecule has 0 saturated carbocycles. The molecule has 2 unspecified atom stereocenters. The summed E-state index contributed by atoms with van der Waals surface area (Å²) in [6.45, 7) is 0.461. The SMILES string of the molecule is COCC(N)Cc1nc(C2Cc3ccccc3O2)no1. The Bertz CT molecular complexity index is 560. The highest BCUT2D eigenvalue weighted by atomic mass is 16.5. The minimum absolute atomic E-state index is 0.144. The van der Waals surface area contributed by atoms with Crippen molar-refractivity contribution < 1.29 is 14.0 Å². The number of para-hydroxylation sites is 1. The number of hydrogen-bond donors (Lipinski definition) is 1. The van der Waals surface area contributed by atoms with Crippen LogP contribution in [0.4, 0.5) is 0 Å². The number of methoxy groups -OCH3 is 1. The van der Waals surface area contributed by atoms with Gasteiger partial charge in [-0.2, -0.15) is 4.98 Å². The molecule has 0 radical (unpaired) electrons. The first-order chi connectivity index (χ1) is 9.76. The molecule has 6 heteroatoms. The maximum absolute atomic E-state index is 5.86. The van der Waals surface area contributed by atoms with Gasteiger partial charge in [0.05, 0.1) is 6.61 Å². The van der Waals surface area contributed by atoms with Crippen LogP contribution < -0.4 is 10.5 Å². The topological polar surface area (TPSA) is 83.4 Å². The summed E-state index contributed by atoms with van der Waals surface area (Å²) in [6, 6.07) is 7.80. The lowest BCUT2D eigenvalue weighted by Gasteiger charge is -2.06. The van der Waals surface area contributed by atoms with Crippen LogP contribution in [0.2, 0.25) is 0 Å². The number of fused-ring (bicyclic) bond motifs is 1. The van der Waals surface area contributed by atoms with Gasteiger partial charge in [-0.15, -0.1) is 0 Å². The smallest absolute Gasteiger partial charge is 0.228 e. The van der Waals surface area contributed by atoms with Gasteiger partial charge in [-0.05, 0) is 11.6 Å². The van der Waals surface area contributed by atoms with Crippen LogP contribution >= 0.6 is 0 Å². The van der Waals surface area contributed by atoms with Gasteiger partial charge in [0.1, 0.15) is 5.75 Å². The average molecular weight is 275 g/mol. The molecule has 0 aliphatic carbocycles. The van der Waals surface area contributed by atoms with Crippen molar-refractivity contribution in [2.24, 2.45) is 5.73 Å². The molecule has 2 atom stereocenters. The summed E-state index contributed by atoms with van der Waals surface area (Å²) in [6.07, 6.45) is 1.09. The molecular weight excluding hydrogens is 258 g/mol. The maximum atomic E-state index is 5.86. The highest BCUT2D eigenvalue weighted by Crippen LogP contribution is 2.35. The van der Waals surface area contributed by atoms with E-state index in [1.165, 1.54) is 5.56 Å². The number of nitrogens with zero attached hydrogens (tertiary/aromatic N) is 2. The minimum atomic E-state index is -0.177. The number of aromatic nitrogens is 2. The second kappa shape index (κ2) is 5.60. The number of rotatable bonds is 5. The molecule has 0 saturated heterocycles. The van der Waals surface area contributed by atoms with Crippen LogP contribution in [0.25, 0.3) is 0 Å². The Morgan fingerprint density at radius 2 is 2.30 bits per heavy atom. The minimum Gasteiger partial charge on any atom is -0.482 e. The summed E-state index contributed by atoms with van der Waals surface area (Å²) in [5.41, 5.74) is 7.03. The second-order valence-corrected chi connectivity index (χ2v) is 4.88. The molecule has 3 rings (SSSR count). The lowest BCUT2D eigenvalue weighted by molar-refractivity contribution is 0.176. The Balaban J connectivity index is 1.67. The van der Waals surface area contributed by atoms with Gasteiger partial charge in [0.15, 0.2) is 6.10 Å². The van der Waals surface area contributed by atoms with E-state index < -0.39 is 0 Å². The predicted octanol–water partition coefficient (Wildman–Crippen LogP) is 1.26. The molecule has 1 aliphatic heterocycles. The van der Waals surface area contributed by atoms with Crippen LogP contribution in [0, 0.1) is 0 Å². The third-order valence-corrected chi connectivity index (χ3v) is 3.24. The summed E-state index contributed by atoms with van der Waals surface area (Å²) >= 11 is 0. The fraction of sp³-hybridized carbons (Fsp3) is 0.429. The molecule has 1 aromatic carbocycles. The van der Waals surface area contributed by atoms with E-state index in [4.69, 9.17) is 19.7 Å². The fourth-order valence-electron chi connectivity index (χ4n) is 2.31. The van der Waals surface area contributed by atoms with E-state index in [1.807, 2.05) is 24.3 Å². The van der Waals surface area contributed by atoms with E-state index in [1.54, 1.807) is 7.11 Å². The lowest BCUT2D eigenvalue weighted by Crippen LogP contribution is -2.28. The molecule has 0 fully saturated rings. The first-order valence-corrected chi connectivity index (χ1v) is 6.58. The normalized spacial score (nSPS) is 18.6. The van der Waals surface area contributed by atoms with Crippen molar-refractivity contribution >= 4 is 0 Å². The van der Waals surface area contributed by atoms with Gasteiger partial charge in [0.25, 0.3) is 0 Å². The molecule has 20 heavy (non-hydrogen) atoms. The van der Waals surface area contributed by atoms with Gasteiger partial charge in [0.2, 0.25) is 11.7 Å². The molecule has 106 valence electrons. The van der Waals surface area contributed by atoms with E-state index in [0.717, 1.165) is 12.2 Å². The lowest BCUT2D eigenvalue weighted by atomic mass is 10.1. The number of hydrogen-bond acceptors (Lipinski definition) is 6. The van der Waals surface area contributed by atoms with Crippen LogP contribution in [-0.4, -0.2) is 29.9 Å². The zero-order chi connectivity index (χ0) is 13.9. The average Bonchev–Trinajstić information content (AvgIpc) is 3.04. The van der Waals surface area contributed by atoms with Crippen molar-refractivity contribution in [1.29, 1.82) is 0 Å². The summed E-state index contributed by atoms with van der Waals surface area (Å²) in [7, 11) is 1.61.